The van der Waals surface area contributed by atoms with Gasteiger partial charge in [0.1, 0.15) is 0 Å². The lowest BCUT2D eigenvalue weighted by Crippen LogP contribution is -2.24. The molecule has 23 heavy (non-hydrogen) atoms. The molecule has 1 aromatic rings. The maximum Gasteiger partial charge on any atom is 0.0894 e. The van der Waals surface area contributed by atoms with Crippen LogP contribution >= 0.6 is 15.9 Å². The summed E-state index contributed by atoms with van der Waals surface area (Å²) >= 11 is 3.51. The zero-order valence-corrected chi connectivity index (χ0v) is 16.7. The molecule has 0 spiro atoms. The van der Waals surface area contributed by atoms with E-state index in [2.05, 4.69) is 35.8 Å². The van der Waals surface area contributed by atoms with Crippen LogP contribution in [0.15, 0.2) is 28.7 Å². The summed E-state index contributed by atoms with van der Waals surface area (Å²) in [5.74, 6) is 0. The molecular formula is C21H35BrO. The average Bonchev–Trinajstić information content (AvgIpc) is 2.56. The highest BCUT2D eigenvalue weighted by atomic mass is 79.9. The Morgan fingerprint density at radius 1 is 0.870 bits per heavy atom. The van der Waals surface area contributed by atoms with Crippen molar-refractivity contribution < 1.29 is 5.11 Å². The van der Waals surface area contributed by atoms with Gasteiger partial charge in [0, 0.05) is 4.47 Å². The van der Waals surface area contributed by atoms with Crippen LogP contribution in [0.4, 0.5) is 0 Å². The lowest BCUT2D eigenvalue weighted by atomic mass is 9.86. The molecule has 0 saturated heterocycles. The third-order valence-corrected chi connectivity index (χ3v) is 5.38. The number of halogens is 1. The summed E-state index contributed by atoms with van der Waals surface area (Å²) in [6.45, 7) is 4.35. The Morgan fingerprint density at radius 2 is 1.43 bits per heavy atom. The first-order valence-corrected chi connectivity index (χ1v) is 10.4. The summed E-state index contributed by atoms with van der Waals surface area (Å²) in [6, 6.07) is 8.13. The molecule has 0 aliphatic rings. The molecule has 1 N–H and O–H groups in total. The number of rotatable bonds is 13. The zero-order chi connectivity index (χ0) is 17.0. The van der Waals surface area contributed by atoms with Gasteiger partial charge >= 0.3 is 0 Å². The zero-order valence-electron chi connectivity index (χ0n) is 15.1. The lowest BCUT2D eigenvalue weighted by molar-refractivity contribution is 0.0206. The fourth-order valence-electron chi connectivity index (χ4n) is 3.21. The Morgan fingerprint density at radius 3 is 1.96 bits per heavy atom. The van der Waals surface area contributed by atoms with Crippen molar-refractivity contribution in [2.75, 3.05) is 0 Å². The van der Waals surface area contributed by atoms with Crippen LogP contribution in [0.2, 0.25) is 0 Å². The highest BCUT2D eigenvalue weighted by molar-refractivity contribution is 9.10. The summed E-state index contributed by atoms with van der Waals surface area (Å²) < 4.78 is 1.05. The van der Waals surface area contributed by atoms with Gasteiger partial charge in [-0.2, -0.15) is 0 Å². The van der Waals surface area contributed by atoms with Crippen molar-refractivity contribution in [2.45, 2.75) is 96.5 Å². The van der Waals surface area contributed by atoms with E-state index >= 15 is 0 Å². The van der Waals surface area contributed by atoms with Crippen LogP contribution in [0, 0.1) is 0 Å². The molecule has 1 aromatic carbocycles. The van der Waals surface area contributed by atoms with Gasteiger partial charge in [-0.25, -0.2) is 0 Å². The van der Waals surface area contributed by atoms with Gasteiger partial charge in [0.25, 0.3) is 0 Å². The lowest BCUT2D eigenvalue weighted by Gasteiger charge is -2.27. The second-order valence-corrected chi connectivity index (χ2v) is 7.74. The number of benzene rings is 1. The molecule has 0 aliphatic heterocycles. The van der Waals surface area contributed by atoms with E-state index in [4.69, 9.17) is 0 Å². The van der Waals surface area contributed by atoms with E-state index in [1.807, 2.05) is 18.2 Å². The SMILES string of the molecule is CCCCCCCCCCCCC(O)(CC)c1cccc(Br)c1. The molecule has 0 radical (unpaired) electrons. The van der Waals surface area contributed by atoms with Gasteiger partial charge in [0.15, 0.2) is 0 Å². The number of aliphatic hydroxyl groups is 1. The van der Waals surface area contributed by atoms with Crippen molar-refractivity contribution in [1.29, 1.82) is 0 Å². The van der Waals surface area contributed by atoms with Gasteiger partial charge in [-0.05, 0) is 30.5 Å². The maximum absolute atomic E-state index is 10.9. The quantitative estimate of drug-likeness (QED) is 0.353. The number of hydrogen-bond donors (Lipinski definition) is 1. The van der Waals surface area contributed by atoms with Crippen molar-refractivity contribution >= 4 is 15.9 Å². The Bertz CT molecular complexity index is 418. The largest absolute Gasteiger partial charge is 0.385 e. The third-order valence-electron chi connectivity index (χ3n) is 4.89. The molecule has 0 heterocycles. The summed E-state index contributed by atoms with van der Waals surface area (Å²) in [5.41, 5.74) is 0.384. The molecule has 1 rings (SSSR count). The van der Waals surface area contributed by atoms with Gasteiger partial charge in [0.2, 0.25) is 0 Å². The van der Waals surface area contributed by atoms with E-state index in [1.165, 1.54) is 57.8 Å². The fraction of sp³-hybridized carbons (Fsp3) is 0.714. The molecule has 1 nitrogen and oxygen atoms in total. The van der Waals surface area contributed by atoms with Crippen LogP contribution < -0.4 is 0 Å². The van der Waals surface area contributed by atoms with Crippen molar-refractivity contribution in [3.05, 3.63) is 34.3 Å². The van der Waals surface area contributed by atoms with E-state index in [-0.39, 0.29) is 0 Å². The Labute approximate surface area is 152 Å². The summed E-state index contributed by atoms with van der Waals surface area (Å²) in [4.78, 5) is 0. The predicted octanol–water partition coefficient (Wildman–Crippen LogP) is 7.36. The van der Waals surface area contributed by atoms with Crippen molar-refractivity contribution in [2.24, 2.45) is 0 Å². The predicted molar refractivity (Wildman–Crippen MR) is 105 cm³/mol. The van der Waals surface area contributed by atoms with Crippen molar-refractivity contribution in [3.63, 3.8) is 0 Å². The summed E-state index contributed by atoms with van der Waals surface area (Å²) in [7, 11) is 0. The molecule has 0 bridgehead atoms. The highest BCUT2D eigenvalue weighted by Gasteiger charge is 2.26. The average molecular weight is 383 g/mol. The minimum absolute atomic E-state index is 0.663. The minimum atomic E-state index is -0.663. The Balaban J connectivity index is 2.18. The molecule has 0 aliphatic carbocycles. The van der Waals surface area contributed by atoms with Crippen LogP contribution in [0.5, 0.6) is 0 Å². The van der Waals surface area contributed by atoms with Crippen LogP contribution in [-0.2, 0) is 5.60 Å². The minimum Gasteiger partial charge on any atom is -0.385 e. The van der Waals surface area contributed by atoms with Gasteiger partial charge < -0.3 is 5.11 Å². The first-order valence-electron chi connectivity index (χ1n) is 9.61. The van der Waals surface area contributed by atoms with Gasteiger partial charge in [-0.3, -0.25) is 0 Å². The Kier molecular flexibility index (Phi) is 10.9. The first kappa shape index (κ1) is 20.7. The van der Waals surface area contributed by atoms with Gasteiger partial charge in [0.05, 0.1) is 5.60 Å². The third kappa shape index (κ3) is 8.35. The van der Waals surface area contributed by atoms with Crippen molar-refractivity contribution in [1.82, 2.24) is 0 Å². The molecule has 0 saturated carbocycles. The molecule has 132 valence electrons. The molecule has 0 aromatic heterocycles. The fourth-order valence-corrected chi connectivity index (χ4v) is 3.61. The normalized spacial score (nSPS) is 13.9. The summed E-state index contributed by atoms with van der Waals surface area (Å²) in [5, 5.41) is 10.9. The van der Waals surface area contributed by atoms with Crippen LogP contribution in [0.3, 0.4) is 0 Å². The molecule has 0 amide bonds. The van der Waals surface area contributed by atoms with Gasteiger partial charge in [-0.15, -0.1) is 0 Å². The number of unbranched alkanes of at least 4 members (excludes halogenated alkanes) is 9. The second-order valence-electron chi connectivity index (χ2n) is 6.83. The standard InChI is InChI=1S/C21H35BrO/c1-3-5-6-7-8-9-10-11-12-13-17-21(23,4-2)19-15-14-16-20(22)18-19/h14-16,18,23H,3-13,17H2,1-2H3. The van der Waals surface area contributed by atoms with E-state index < -0.39 is 5.60 Å². The molecular weight excluding hydrogens is 348 g/mol. The van der Waals surface area contributed by atoms with Crippen LogP contribution in [-0.4, -0.2) is 5.11 Å². The topological polar surface area (TPSA) is 20.2 Å². The maximum atomic E-state index is 10.9. The van der Waals surface area contributed by atoms with Crippen LogP contribution in [0.1, 0.15) is 96.5 Å². The van der Waals surface area contributed by atoms with Crippen molar-refractivity contribution in [3.8, 4) is 0 Å². The van der Waals surface area contributed by atoms with E-state index in [9.17, 15) is 5.11 Å². The Hall–Kier alpha value is -0.340. The molecule has 1 unspecified atom stereocenters. The van der Waals surface area contributed by atoms with Gasteiger partial charge in [-0.1, -0.05) is 106 Å². The number of hydrogen-bond acceptors (Lipinski definition) is 1. The highest BCUT2D eigenvalue weighted by Crippen LogP contribution is 2.32. The smallest absolute Gasteiger partial charge is 0.0894 e. The molecule has 0 fully saturated rings. The summed E-state index contributed by atoms with van der Waals surface area (Å²) in [6.07, 6.45) is 15.0. The van der Waals surface area contributed by atoms with E-state index in [1.54, 1.807) is 0 Å². The second kappa shape index (κ2) is 12.1. The van der Waals surface area contributed by atoms with E-state index in [0.29, 0.717) is 0 Å². The first-order chi connectivity index (χ1) is 11.1. The molecule has 2 heteroatoms. The van der Waals surface area contributed by atoms with E-state index in [0.717, 1.165) is 29.3 Å². The monoisotopic (exact) mass is 382 g/mol. The molecule has 1 atom stereocenters. The van der Waals surface area contributed by atoms with Crippen LogP contribution in [0.25, 0.3) is 0 Å².